The lowest BCUT2D eigenvalue weighted by molar-refractivity contribution is -0.115. The van der Waals surface area contributed by atoms with E-state index in [0.29, 0.717) is 13.1 Å². The first-order chi connectivity index (χ1) is 9.50. The average molecular weight is 334 g/mol. The fourth-order valence-corrected chi connectivity index (χ4v) is 2.36. The summed E-state index contributed by atoms with van der Waals surface area (Å²) in [5.41, 5.74) is 5.93. The average Bonchev–Trinajstić information content (AvgIpc) is 2.46. The van der Waals surface area contributed by atoms with Crippen LogP contribution in [0.25, 0.3) is 5.57 Å². The van der Waals surface area contributed by atoms with Crippen molar-refractivity contribution in [3.63, 3.8) is 0 Å². The van der Waals surface area contributed by atoms with Crippen LogP contribution in [0.1, 0.15) is 25.8 Å². The molecular formula is C14H18Cl2FN3O. The number of carbonyl (C=O) groups is 1. The second-order valence-electron chi connectivity index (χ2n) is 4.43. The zero-order valence-electron chi connectivity index (χ0n) is 10.6. The third kappa shape index (κ3) is 4.02. The van der Waals surface area contributed by atoms with Crippen molar-refractivity contribution in [2.24, 2.45) is 0 Å². The Morgan fingerprint density at radius 2 is 1.76 bits per heavy atom. The molecule has 0 spiro atoms. The molecule has 1 aliphatic heterocycles. The zero-order chi connectivity index (χ0) is 14.7. The van der Waals surface area contributed by atoms with Gasteiger partial charge in [0.25, 0.3) is 5.91 Å². The Bertz CT molecular complexity index is 576. The number of carbonyl (C=O) groups excluding carboxylic acids is 1. The summed E-state index contributed by atoms with van der Waals surface area (Å²) in [5, 5.41) is 5.81. The summed E-state index contributed by atoms with van der Waals surface area (Å²) in [6.07, 6.45) is 1.68. The Hall–Kier alpha value is -1.46. The number of nitrogens with two attached hydrogens (primary N) is 1. The molecule has 1 amide bonds. The van der Waals surface area contributed by atoms with Crippen LogP contribution in [0, 0.1) is 5.82 Å². The van der Waals surface area contributed by atoms with Crippen molar-refractivity contribution in [3.05, 3.63) is 33.7 Å². The van der Waals surface area contributed by atoms with Crippen molar-refractivity contribution < 1.29 is 9.18 Å². The molecule has 0 radical (unpaired) electrons. The van der Waals surface area contributed by atoms with Gasteiger partial charge in [-0.25, -0.2) is 4.39 Å². The van der Waals surface area contributed by atoms with Crippen LogP contribution in [-0.4, -0.2) is 19.0 Å². The second-order valence-corrected chi connectivity index (χ2v) is 5.22. The van der Waals surface area contributed by atoms with Crippen LogP contribution in [0.2, 0.25) is 5.02 Å². The first kappa shape index (κ1) is 17.6. The number of anilines is 1. The van der Waals surface area contributed by atoms with Crippen molar-refractivity contribution in [1.29, 1.82) is 0 Å². The van der Waals surface area contributed by atoms with Crippen LogP contribution in [0.15, 0.2) is 17.3 Å². The minimum absolute atomic E-state index is 0. The molecule has 21 heavy (non-hydrogen) atoms. The normalized spacial score (nSPS) is 19.5. The van der Waals surface area contributed by atoms with Gasteiger partial charge in [-0.1, -0.05) is 30.6 Å². The Morgan fingerprint density at radius 3 is 2.43 bits per heavy atom. The molecule has 0 saturated carbocycles. The maximum absolute atomic E-state index is 14.1. The van der Waals surface area contributed by atoms with Crippen molar-refractivity contribution in [1.82, 2.24) is 10.6 Å². The lowest BCUT2D eigenvalue weighted by Crippen LogP contribution is -2.26. The minimum atomic E-state index is -0.645. The summed E-state index contributed by atoms with van der Waals surface area (Å²) in [6, 6.07) is 2.39. The van der Waals surface area contributed by atoms with E-state index in [2.05, 4.69) is 10.6 Å². The quantitative estimate of drug-likeness (QED) is 0.546. The van der Waals surface area contributed by atoms with Crippen molar-refractivity contribution >= 4 is 40.4 Å². The first-order valence-corrected chi connectivity index (χ1v) is 6.93. The standard InChI is InChI=1S/C13H14Cl2FN3O.CH4/c14-8-6-9(16)7(5-10(8)17)11-12(15)18-3-1-2-4-19-13(11)20;/h5-6,18H,1-4,17H2,(H,19,20);1H4/b12-11-;. The molecule has 0 bridgehead atoms. The number of nitrogens with one attached hydrogen (secondary N) is 2. The summed E-state index contributed by atoms with van der Waals surface area (Å²) in [5.74, 6) is -1.08. The molecule has 116 valence electrons. The van der Waals surface area contributed by atoms with Gasteiger partial charge in [-0.2, -0.15) is 0 Å². The van der Waals surface area contributed by atoms with Gasteiger partial charge in [0.05, 0.1) is 16.3 Å². The van der Waals surface area contributed by atoms with E-state index in [-0.39, 0.29) is 34.4 Å². The molecule has 4 N–H and O–H groups in total. The molecule has 1 aliphatic rings. The van der Waals surface area contributed by atoms with E-state index in [1.54, 1.807) is 0 Å². The van der Waals surface area contributed by atoms with E-state index in [4.69, 9.17) is 28.9 Å². The van der Waals surface area contributed by atoms with Crippen molar-refractivity contribution in [3.8, 4) is 0 Å². The van der Waals surface area contributed by atoms with Crippen molar-refractivity contribution in [2.75, 3.05) is 18.8 Å². The molecule has 0 unspecified atom stereocenters. The lowest BCUT2D eigenvalue weighted by atomic mass is 10.0. The zero-order valence-corrected chi connectivity index (χ0v) is 12.1. The highest BCUT2D eigenvalue weighted by Crippen LogP contribution is 2.29. The minimum Gasteiger partial charge on any atom is -0.398 e. The largest absolute Gasteiger partial charge is 0.398 e. The van der Waals surface area contributed by atoms with E-state index in [1.807, 2.05) is 0 Å². The summed E-state index contributed by atoms with van der Waals surface area (Å²) in [4.78, 5) is 12.1. The van der Waals surface area contributed by atoms with Gasteiger partial charge < -0.3 is 16.4 Å². The third-order valence-electron chi connectivity index (χ3n) is 2.97. The predicted octanol–water partition coefficient (Wildman–Crippen LogP) is 3.10. The van der Waals surface area contributed by atoms with Gasteiger partial charge in [0, 0.05) is 18.7 Å². The van der Waals surface area contributed by atoms with Gasteiger partial charge in [-0.15, -0.1) is 0 Å². The Kier molecular flexibility index (Phi) is 6.30. The number of hydrogen-bond donors (Lipinski definition) is 3. The van der Waals surface area contributed by atoms with E-state index in [9.17, 15) is 9.18 Å². The van der Waals surface area contributed by atoms with E-state index < -0.39 is 11.7 Å². The summed E-state index contributed by atoms with van der Waals surface area (Å²) >= 11 is 11.8. The number of halogens is 3. The molecule has 4 nitrogen and oxygen atoms in total. The van der Waals surface area contributed by atoms with Gasteiger partial charge in [0.15, 0.2) is 0 Å². The van der Waals surface area contributed by atoms with Crippen LogP contribution in [-0.2, 0) is 4.79 Å². The van der Waals surface area contributed by atoms with E-state index >= 15 is 0 Å². The molecular weight excluding hydrogens is 316 g/mol. The van der Waals surface area contributed by atoms with Crippen LogP contribution < -0.4 is 16.4 Å². The smallest absolute Gasteiger partial charge is 0.255 e. The van der Waals surface area contributed by atoms with Gasteiger partial charge in [0.2, 0.25) is 0 Å². The number of amides is 1. The molecule has 0 atom stereocenters. The SMILES string of the molecule is C.Nc1cc(/C2=C(\Cl)NCCCCNC2=O)c(F)cc1Cl. The number of hydrogen-bond acceptors (Lipinski definition) is 3. The Balaban J connectivity index is 0.00000220. The summed E-state index contributed by atoms with van der Waals surface area (Å²) in [6.45, 7) is 1.13. The van der Waals surface area contributed by atoms with E-state index in [1.165, 1.54) is 6.07 Å². The molecule has 0 aliphatic carbocycles. The monoisotopic (exact) mass is 333 g/mol. The number of benzene rings is 1. The maximum atomic E-state index is 14.1. The van der Waals surface area contributed by atoms with Gasteiger partial charge in [-0.05, 0) is 25.0 Å². The molecule has 1 aromatic carbocycles. The highest BCUT2D eigenvalue weighted by molar-refractivity contribution is 6.39. The second kappa shape index (κ2) is 7.52. The molecule has 0 saturated heterocycles. The molecule has 1 heterocycles. The maximum Gasteiger partial charge on any atom is 0.255 e. The summed E-state index contributed by atoms with van der Waals surface area (Å²) in [7, 11) is 0. The highest BCUT2D eigenvalue weighted by Gasteiger charge is 2.22. The molecule has 0 fully saturated rings. The van der Waals surface area contributed by atoms with Crippen LogP contribution in [0.3, 0.4) is 0 Å². The fourth-order valence-electron chi connectivity index (χ4n) is 1.92. The topological polar surface area (TPSA) is 67.2 Å². The Morgan fingerprint density at radius 1 is 1.14 bits per heavy atom. The molecule has 7 heteroatoms. The van der Waals surface area contributed by atoms with Gasteiger partial charge >= 0.3 is 0 Å². The number of nitrogen functional groups attached to an aromatic ring is 1. The lowest BCUT2D eigenvalue weighted by Gasteiger charge is -2.13. The van der Waals surface area contributed by atoms with E-state index in [0.717, 1.165) is 18.9 Å². The fraction of sp³-hybridized carbons (Fsp3) is 0.357. The first-order valence-electron chi connectivity index (χ1n) is 6.17. The molecule has 1 aromatic rings. The molecule has 2 rings (SSSR count). The number of rotatable bonds is 1. The predicted molar refractivity (Wildman–Crippen MR) is 85.6 cm³/mol. The van der Waals surface area contributed by atoms with Crippen LogP contribution >= 0.6 is 23.2 Å². The van der Waals surface area contributed by atoms with Gasteiger partial charge in [-0.3, -0.25) is 4.79 Å². The third-order valence-corrected chi connectivity index (χ3v) is 3.62. The highest BCUT2D eigenvalue weighted by atomic mass is 35.5. The van der Waals surface area contributed by atoms with Crippen LogP contribution in [0.4, 0.5) is 10.1 Å². The summed E-state index contributed by atoms with van der Waals surface area (Å²) < 4.78 is 14.1. The van der Waals surface area contributed by atoms with Crippen LogP contribution in [0.5, 0.6) is 0 Å². The van der Waals surface area contributed by atoms with Crippen molar-refractivity contribution in [2.45, 2.75) is 20.3 Å². The Labute approximate surface area is 133 Å². The van der Waals surface area contributed by atoms with Gasteiger partial charge in [0.1, 0.15) is 11.0 Å². The molecule has 0 aromatic heterocycles.